The van der Waals surface area contributed by atoms with Crippen molar-refractivity contribution < 1.29 is 22.7 Å². The second kappa shape index (κ2) is 7.18. The van der Waals surface area contributed by atoms with Crippen LogP contribution in [0, 0.1) is 0 Å². The summed E-state index contributed by atoms with van der Waals surface area (Å²) in [6.45, 7) is 0.520. The maximum absolute atomic E-state index is 12.7. The molecule has 2 rings (SSSR count). The van der Waals surface area contributed by atoms with Gasteiger partial charge in [0.1, 0.15) is 6.54 Å². The van der Waals surface area contributed by atoms with Gasteiger partial charge >= 0.3 is 6.18 Å². The van der Waals surface area contributed by atoms with Crippen LogP contribution in [0.5, 0.6) is 0 Å². The minimum Gasteiger partial charge on any atom is -0.383 e. The molecule has 7 nitrogen and oxygen atoms in total. The summed E-state index contributed by atoms with van der Waals surface area (Å²) < 4.78 is 42.8. The molecule has 0 aliphatic heterocycles. The number of amides is 1. The summed E-state index contributed by atoms with van der Waals surface area (Å²) in [5.74, 6) is -0.337. The maximum Gasteiger partial charge on any atom is 0.416 e. The van der Waals surface area contributed by atoms with Crippen LogP contribution in [0.2, 0.25) is 0 Å². The number of hydrogen-bond acceptors (Lipinski definition) is 5. The summed E-state index contributed by atoms with van der Waals surface area (Å²) in [7, 11) is 1.51. The second-order valence-corrected chi connectivity index (χ2v) is 4.56. The predicted molar refractivity (Wildman–Crippen MR) is 73.1 cm³/mol. The van der Waals surface area contributed by atoms with Crippen molar-refractivity contribution >= 4 is 5.91 Å². The van der Waals surface area contributed by atoms with E-state index >= 15 is 0 Å². The van der Waals surface area contributed by atoms with Crippen molar-refractivity contribution in [1.82, 2.24) is 25.5 Å². The highest BCUT2D eigenvalue weighted by Crippen LogP contribution is 2.31. The van der Waals surface area contributed by atoms with E-state index in [4.69, 9.17) is 4.74 Å². The molecule has 0 saturated heterocycles. The molecular weight excluding hydrogens is 315 g/mol. The molecule has 0 atom stereocenters. The Morgan fingerprint density at radius 2 is 2.17 bits per heavy atom. The van der Waals surface area contributed by atoms with Gasteiger partial charge in [0.15, 0.2) is 0 Å². The van der Waals surface area contributed by atoms with Crippen molar-refractivity contribution in [3.8, 4) is 11.4 Å². The number of nitrogens with one attached hydrogen (secondary N) is 1. The Morgan fingerprint density at radius 3 is 2.87 bits per heavy atom. The Labute approximate surface area is 129 Å². The number of benzene rings is 1. The molecule has 0 aliphatic rings. The smallest absolute Gasteiger partial charge is 0.383 e. The third-order valence-corrected chi connectivity index (χ3v) is 2.81. The quantitative estimate of drug-likeness (QED) is 0.803. The number of halogens is 3. The average Bonchev–Trinajstić information content (AvgIpc) is 2.95. The molecule has 0 spiro atoms. The molecule has 1 aromatic carbocycles. The van der Waals surface area contributed by atoms with Gasteiger partial charge in [-0.15, -0.1) is 10.2 Å². The first kappa shape index (κ1) is 16.9. The number of tetrazole rings is 1. The van der Waals surface area contributed by atoms with E-state index in [1.165, 1.54) is 19.2 Å². The normalized spacial score (nSPS) is 11.5. The van der Waals surface area contributed by atoms with Crippen molar-refractivity contribution in [2.24, 2.45) is 0 Å². The lowest BCUT2D eigenvalue weighted by molar-refractivity contribution is -0.137. The van der Waals surface area contributed by atoms with Crippen LogP contribution in [0.4, 0.5) is 13.2 Å². The average molecular weight is 329 g/mol. The SMILES string of the molecule is COCCNC(=O)Cn1nnc(-c2cccc(C(F)(F)F)c2)n1. The van der Waals surface area contributed by atoms with Gasteiger partial charge in [0.25, 0.3) is 0 Å². The molecule has 23 heavy (non-hydrogen) atoms. The summed E-state index contributed by atoms with van der Waals surface area (Å²) >= 11 is 0. The Morgan fingerprint density at radius 1 is 1.39 bits per heavy atom. The Bertz CT molecular complexity index is 672. The number of ether oxygens (including phenoxy) is 1. The second-order valence-electron chi connectivity index (χ2n) is 4.56. The van der Waals surface area contributed by atoms with Crippen molar-refractivity contribution in [2.75, 3.05) is 20.3 Å². The lowest BCUT2D eigenvalue weighted by Gasteiger charge is -2.06. The highest BCUT2D eigenvalue weighted by Gasteiger charge is 2.30. The number of rotatable bonds is 6. The van der Waals surface area contributed by atoms with E-state index in [0.29, 0.717) is 13.2 Å². The summed E-state index contributed by atoms with van der Waals surface area (Å²) in [5.41, 5.74) is -0.630. The lowest BCUT2D eigenvalue weighted by Crippen LogP contribution is -2.31. The molecule has 124 valence electrons. The summed E-state index contributed by atoms with van der Waals surface area (Å²) in [5, 5.41) is 13.8. The van der Waals surface area contributed by atoms with Crippen molar-refractivity contribution in [3.63, 3.8) is 0 Å². The van der Waals surface area contributed by atoms with Crippen molar-refractivity contribution in [2.45, 2.75) is 12.7 Å². The van der Waals surface area contributed by atoms with Crippen LogP contribution >= 0.6 is 0 Å². The van der Waals surface area contributed by atoms with Crippen LogP contribution < -0.4 is 5.32 Å². The van der Waals surface area contributed by atoms with Gasteiger partial charge in [-0.3, -0.25) is 4.79 Å². The molecule has 1 N–H and O–H groups in total. The first-order chi connectivity index (χ1) is 10.9. The van der Waals surface area contributed by atoms with Gasteiger partial charge in [-0.05, 0) is 17.3 Å². The van der Waals surface area contributed by atoms with Crippen LogP contribution in [-0.4, -0.2) is 46.4 Å². The molecule has 0 saturated carbocycles. The fourth-order valence-electron chi connectivity index (χ4n) is 1.74. The zero-order valence-electron chi connectivity index (χ0n) is 12.2. The van der Waals surface area contributed by atoms with Gasteiger partial charge in [0, 0.05) is 19.2 Å². The van der Waals surface area contributed by atoms with Crippen LogP contribution in [0.15, 0.2) is 24.3 Å². The van der Waals surface area contributed by atoms with Gasteiger partial charge in [-0.1, -0.05) is 12.1 Å². The molecule has 2 aromatic rings. The third-order valence-electron chi connectivity index (χ3n) is 2.81. The number of nitrogens with zero attached hydrogens (tertiary/aromatic N) is 4. The summed E-state index contributed by atoms with van der Waals surface area (Å²) in [6, 6.07) is 4.59. The van der Waals surface area contributed by atoms with Crippen molar-refractivity contribution in [3.05, 3.63) is 29.8 Å². The third kappa shape index (κ3) is 4.74. The largest absolute Gasteiger partial charge is 0.416 e. The van der Waals surface area contributed by atoms with Crippen LogP contribution in [0.1, 0.15) is 5.56 Å². The number of carbonyl (C=O) groups is 1. The maximum atomic E-state index is 12.7. The molecular formula is C13H14F3N5O2. The van der Waals surface area contributed by atoms with E-state index in [2.05, 4.69) is 20.7 Å². The van der Waals surface area contributed by atoms with Gasteiger partial charge < -0.3 is 10.1 Å². The fourth-order valence-corrected chi connectivity index (χ4v) is 1.74. The molecule has 0 radical (unpaired) electrons. The van der Waals surface area contributed by atoms with E-state index in [1.54, 1.807) is 0 Å². The van der Waals surface area contributed by atoms with Gasteiger partial charge in [0.2, 0.25) is 11.7 Å². The first-order valence-corrected chi connectivity index (χ1v) is 6.61. The zero-order chi connectivity index (χ0) is 16.9. The number of methoxy groups -OCH3 is 1. The summed E-state index contributed by atoms with van der Waals surface area (Å²) in [4.78, 5) is 12.6. The predicted octanol–water partition coefficient (Wildman–Crippen LogP) is 1.12. The highest BCUT2D eigenvalue weighted by molar-refractivity contribution is 5.75. The minimum absolute atomic E-state index is 0.0146. The topological polar surface area (TPSA) is 81.9 Å². The number of alkyl halides is 3. The molecule has 1 aromatic heterocycles. The van der Waals surface area contributed by atoms with Gasteiger partial charge in [-0.25, -0.2) is 0 Å². The molecule has 10 heteroatoms. The molecule has 1 amide bonds. The zero-order valence-corrected chi connectivity index (χ0v) is 12.2. The van der Waals surface area contributed by atoms with E-state index in [1.807, 2.05) is 0 Å². The Balaban J connectivity index is 2.06. The standard InChI is InChI=1S/C13H14F3N5O2/c1-23-6-5-17-11(22)8-21-19-12(18-20-21)9-3-2-4-10(7-9)13(14,15)16/h2-4,7H,5-6,8H2,1H3,(H,17,22). The van der Waals surface area contributed by atoms with Crippen LogP contribution in [0.3, 0.4) is 0 Å². The van der Waals surface area contributed by atoms with Gasteiger partial charge in [-0.2, -0.15) is 18.0 Å². The monoisotopic (exact) mass is 329 g/mol. The van der Waals surface area contributed by atoms with E-state index < -0.39 is 11.7 Å². The summed E-state index contributed by atoms with van der Waals surface area (Å²) in [6.07, 6.45) is -4.45. The molecule has 0 fully saturated rings. The van der Waals surface area contributed by atoms with E-state index in [0.717, 1.165) is 16.9 Å². The fraction of sp³-hybridized carbons (Fsp3) is 0.385. The lowest BCUT2D eigenvalue weighted by atomic mass is 10.1. The van der Waals surface area contributed by atoms with Crippen LogP contribution in [0.25, 0.3) is 11.4 Å². The molecule has 0 bridgehead atoms. The van der Waals surface area contributed by atoms with Crippen LogP contribution in [-0.2, 0) is 22.3 Å². The number of aromatic nitrogens is 4. The molecule has 0 unspecified atom stereocenters. The number of hydrogen-bond donors (Lipinski definition) is 1. The van der Waals surface area contributed by atoms with E-state index in [9.17, 15) is 18.0 Å². The molecule has 0 aliphatic carbocycles. The van der Waals surface area contributed by atoms with Crippen molar-refractivity contribution in [1.29, 1.82) is 0 Å². The molecule has 1 heterocycles. The first-order valence-electron chi connectivity index (χ1n) is 6.61. The highest BCUT2D eigenvalue weighted by atomic mass is 19.4. The van der Waals surface area contributed by atoms with E-state index in [-0.39, 0.29) is 23.8 Å². The van der Waals surface area contributed by atoms with Gasteiger partial charge in [0.05, 0.1) is 12.2 Å². The minimum atomic E-state index is -4.45. The number of carbonyl (C=O) groups excluding carboxylic acids is 1. The Kier molecular flexibility index (Phi) is 5.27. The Hall–Kier alpha value is -2.49.